The maximum atomic E-state index is 12.7. The molecule has 3 heterocycles. The average molecular weight is 433 g/mol. The number of aryl methyl sites for hydroxylation is 2. The molecule has 1 fully saturated rings. The molecule has 2 N–H and O–H groups in total. The zero-order chi connectivity index (χ0) is 22.7. The fourth-order valence-corrected chi connectivity index (χ4v) is 4.20. The highest BCUT2D eigenvalue weighted by Crippen LogP contribution is 2.29. The molecule has 32 heavy (non-hydrogen) atoms. The summed E-state index contributed by atoms with van der Waals surface area (Å²) in [5, 5.41) is 6.69. The third-order valence-electron chi connectivity index (χ3n) is 5.77. The number of anilines is 1. The summed E-state index contributed by atoms with van der Waals surface area (Å²) in [6.45, 7) is 5.63. The SMILES string of the molecule is CNC(=O)c1cc(C2CCN(C(=O)CCNc3nc(C)cc(C)n3)C2)nc2ccccc12. The Hall–Kier alpha value is -3.55. The van der Waals surface area contributed by atoms with E-state index in [1.807, 2.05) is 55.1 Å². The van der Waals surface area contributed by atoms with Gasteiger partial charge in [-0.15, -0.1) is 0 Å². The van der Waals surface area contributed by atoms with Crippen molar-refractivity contribution >= 4 is 28.7 Å². The van der Waals surface area contributed by atoms with Crippen LogP contribution in [0.3, 0.4) is 0 Å². The van der Waals surface area contributed by atoms with Gasteiger partial charge in [-0.05, 0) is 38.5 Å². The molecule has 1 aromatic carbocycles. The van der Waals surface area contributed by atoms with Gasteiger partial charge >= 0.3 is 0 Å². The Kier molecular flexibility index (Phi) is 6.30. The normalized spacial score (nSPS) is 15.7. The van der Waals surface area contributed by atoms with Gasteiger partial charge in [0.05, 0.1) is 11.1 Å². The molecule has 0 saturated carbocycles. The van der Waals surface area contributed by atoms with E-state index in [4.69, 9.17) is 4.98 Å². The van der Waals surface area contributed by atoms with Gasteiger partial charge in [0.25, 0.3) is 5.91 Å². The Morgan fingerprint density at radius 3 is 2.59 bits per heavy atom. The van der Waals surface area contributed by atoms with Crippen LogP contribution in [0.2, 0.25) is 0 Å². The summed E-state index contributed by atoms with van der Waals surface area (Å²) in [6, 6.07) is 11.4. The predicted octanol–water partition coefficient (Wildman–Crippen LogP) is 2.82. The number of rotatable bonds is 6. The third-order valence-corrected chi connectivity index (χ3v) is 5.77. The Morgan fingerprint density at radius 2 is 1.84 bits per heavy atom. The Labute approximate surface area is 187 Å². The maximum absolute atomic E-state index is 12.7. The van der Waals surface area contributed by atoms with Crippen LogP contribution in [0.4, 0.5) is 5.95 Å². The molecule has 4 rings (SSSR count). The van der Waals surface area contributed by atoms with Gasteiger partial charge in [-0.1, -0.05) is 18.2 Å². The van der Waals surface area contributed by atoms with Crippen molar-refractivity contribution in [2.75, 3.05) is 32.0 Å². The lowest BCUT2D eigenvalue weighted by molar-refractivity contribution is -0.129. The van der Waals surface area contributed by atoms with Crippen molar-refractivity contribution in [3.05, 3.63) is 59.0 Å². The molecule has 1 aliphatic rings. The van der Waals surface area contributed by atoms with Gasteiger partial charge < -0.3 is 15.5 Å². The summed E-state index contributed by atoms with van der Waals surface area (Å²) in [7, 11) is 1.63. The first-order valence-electron chi connectivity index (χ1n) is 10.9. The van der Waals surface area contributed by atoms with Crippen LogP contribution in [0, 0.1) is 13.8 Å². The van der Waals surface area contributed by atoms with Gasteiger partial charge in [0, 0.05) is 61.5 Å². The minimum Gasteiger partial charge on any atom is -0.355 e. The number of carbonyl (C=O) groups excluding carboxylic acids is 2. The molecule has 2 aromatic heterocycles. The Bertz CT molecular complexity index is 1140. The number of hydrogen-bond donors (Lipinski definition) is 2. The molecule has 8 nitrogen and oxygen atoms in total. The molecule has 2 amide bonds. The number of fused-ring (bicyclic) bond motifs is 1. The van der Waals surface area contributed by atoms with E-state index in [-0.39, 0.29) is 17.7 Å². The van der Waals surface area contributed by atoms with Crippen LogP contribution in [-0.4, -0.2) is 58.3 Å². The Morgan fingerprint density at radius 1 is 1.09 bits per heavy atom. The molecular weight excluding hydrogens is 404 g/mol. The van der Waals surface area contributed by atoms with E-state index >= 15 is 0 Å². The lowest BCUT2D eigenvalue weighted by Gasteiger charge is -2.17. The summed E-state index contributed by atoms with van der Waals surface area (Å²) < 4.78 is 0. The number of benzene rings is 1. The van der Waals surface area contributed by atoms with Crippen molar-refractivity contribution in [2.45, 2.75) is 32.6 Å². The van der Waals surface area contributed by atoms with E-state index in [0.717, 1.165) is 34.4 Å². The highest BCUT2D eigenvalue weighted by molar-refractivity contribution is 6.06. The topological polar surface area (TPSA) is 100 Å². The van der Waals surface area contributed by atoms with E-state index in [2.05, 4.69) is 20.6 Å². The van der Waals surface area contributed by atoms with Crippen LogP contribution in [0.1, 0.15) is 46.2 Å². The second kappa shape index (κ2) is 9.30. The number of hydrogen-bond acceptors (Lipinski definition) is 6. The van der Waals surface area contributed by atoms with E-state index in [0.29, 0.717) is 37.6 Å². The van der Waals surface area contributed by atoms with Crippen molar-refractivity contribution in [1.82, 2.24) is 25.2 Å². The molecule has 3 aromatic rings. The number of amides is 2. The minimum absolute atomic E-state index is 0.0942. The molecular formula is C24H28N6O2. The second-order valence-corrected chi connectivity index (χ2v) is 8.17. The van der Waals surface area contributed by atoms with Crippen LogP contribution in [-0.2, 0) is 4.79 Å². The summed E-state index contributed by atoms with van der Waals surface area (Å²) in [6.07, 6.45) is 1.20. The molecule has 1 saturated heterocycles. The molecule has 0 spiro atoms. The molecule has 0 radical (unpaired) electrons. The summed E-state index contributed by atoms with van der Waals surface area (Å²) in [5.74, 6) is 0.631. The lowest BCUT2D eigenvalue weighted by atomic mass is 9.99. The molecule has 0 bridgehead atoms. The molecule has 1 unspecified atom stereocenters. The molecule has 1 aliphatic heterocycles. The van der Waals surface area contributed by atoms with Crippen molar-refractivity contribution in [3.63, 3.8) is 0 Å². The van der Waals surface area contributed by atoms with Gasteiger partial charge in [0.1, 0.15) is 0 Å². The lowest BCUT2D eigenvalue weighted by Crippen LogP contribution is -2.30. The number of aromatic nitrogens is 3. The van der Waals surface area contributed by atoms with Crippen LogP contribution in [0.5, 0.6) is 0 Å². The number of likely N-dealkylation sites (tertiary alicyclic amines) is 1. The minimum atomic E-state index is -0.129. The standard InChI is InChI=1S/C24H28N6O2/c1-15-12-16(2)28-24(27-15)26-10-8-22(31)30-11-9-17(14-30)21-13-19(23(32)25-3)18-6-4-5-7-20(18)29-21/h4-7,12-13,17H,8-11,14H2,1-3H3,(H,25,32)(H,26,27,28). The summed E-state index contributed by atoms with van der Waals surface area (Å²) in [4.78, 5) is 40.5. The molecule has 8 heteroatoms. The summed E-state index contributed by atoms with van der Waals surface area (Å²) in [5.41, 5.74) is 4.07. The van der Waals surface area contributed by atoms with E-state index in [1.165, 1.54) is 0 Å². The molecule has 166 valence electrons. The van der Waals surface area contributed by atoms with Gasteiger partial charge in [0.15, 0.2) is 0 Å². The molecule has 0 aliphatic carbocycles. The number of pyridine rings is 1. The van der Waals surface area contributed by atoms with Gasteiger partial charge in [-0.2, -0.15) is 0 Å². The average Bonchev–Trinajstić information content (AvgIpc) is 3.27. The highest BCUT2D eigenvalue weighted by Gasteiger charge is 2.29. The first kappa shape index (κ1) is 21.7. The number of nitrogens with one attached hydrogen (secondary N) is 2. The zero-order valence-corrected chi connectivity index (χ0v) is 18.7. The van der Waals surface area contributed by atoms with Gasteiger partial charge in [-0.25, -0.2) is 9.97 Å². The monoisotopic (exact) mass is 432 g/mol. The largest absolute Gasteiger partial charge is 0.355 e. The number of carbonyl (C=O) groups is 2. The quantitative estimate of drug-likeness (QED) is 0.621. The van der Waals surface area contributed by atoms with Crippen molar-refractivity contribution < 1.29 is 9.59 Å². The van der Waals surface area contributed by atoms with Crippen molar-refractivity contribution in [3.8, 4) is 0 Å². The first-order chi connectivity index (χ1) is 15.4. The highest BCUT2D eigenvalue weighted by atomic mass is 16.2. The fourth-order valence-electron chi connectivity index (χ4n) is 4.20. The maximum Gasteiger partial charge on any atom is 0.251 e. The predicted molar refractivity (Wildman–Crippen MR) is 124 cm³/mol. The van der Waals surface area contributed by atoms with Crippen LogP contribution >= 0.6 is 0 Å². The van der Waals surface area contributed by atoms with Crippen molar-refractivity contribution in [2.24, 2.45) is 0 Å². The third kappa shape index (κ3) is 4.69. The number of para-hydroxylation sites is 1. The smallest absolute Gasteiger partial charge is 0.251 e. The van der Waals surface area contributed by atoms with Crippen LogP contribution in [0.15, 0.2) is 36.4 Å². The van der Waals surface area contributed by atoms with Crippen molar-refractivity contribution in [1.29, 1.82) is 0 Å². The fraction of sp³-hybridized carbons (Fsp3) is 0.375. The van der Waals surface area contributed by atoms with Crippen LogP contribution in [0.25, 0.3) is 10.9 Å². The molecule has 1 atom stereocenters. The van der Waals surface area contributed by atoms with E-state index in [9.17, 15) is 9.59 Å². The first-order valence-corrected chi connectivity index (χ1v) is 10.9. The summed E-state index contributed by atoms with van der Waals surface area (Å²) >= 11 is 0. The van der Waals surface area contributed by atoms with E-state index in [1.54, 1.807) is 7.05 Å². The second-order valence-electron chi connectivity index (χ2n) is 8.17. The van der Waals surface area contributed by atoms with Crippen LogP contribution < -0.4 is 10.6 Å². The van der Waals surface area contributed by atoms with Gasteiger partial charge in [-0.3, -0.25) is 14.6 Å². The van der Waals surface area contributed by atoms with E-state index < -0.39 is 0 Å². The zero-order valence-electron chi connectivity index (χ0n) is 18.7. The Balaban J connectivity index is 1.41. The van der Waals surface area contributed by atoms with Gasteiger partial charge in [0.2, 0.25) is 11.9 Å². The number of nitrogens with zero attached hydrogens (tertiary/aromatic N) is 4.